The zero-order valence-electron chi connectivity index (χ0n) is 13.4. The monoisotopic (exact) mass is 260 g/mol. The molecule has 1 spiro atoms. The van der Waals surface area contributed by atoms with Crippen molar-refractivity contribution in [1.82, 2.24) is 0 Å². The van der Waals surface area contributed by atoms with Gasteiger partial charge in [-0.15, -0.1) is 0 Å². The first-order chi connectivity index (χ1) is 9.99. The number of methoxy groups -OCH3 is 1. The van der Waals surface area contributed by atoms with E-state index in [9.17, 15) is 4.79 Å². The summed E-state index contributed by atoms with van der Waals surface area (Å²) in [7, 11) is 1.80. The molecule has 5 rings (SSSR count). The summed E-state index contributed by atoms with van der Waals surface area (Å²) in [6, 6.07) is 0. The smallest absolute Gasteiger partial charge is 0.136 e. The highest BCUT2D eigenvalue weighted by molar-refractivity contribution is 5.82. The van der Waals surface area contributed by atoms with Gasteiger partial charge < -0.3 is 4.74 Å². The maximum atomic E-state index is 12.5. The van der Waals surface area contributed by atoms with Crippen LogP contribution in [-0.4, -0.2) is 18.5 Å². The molecule has 0 saturated heterocycles. The molecule has 5 aliphatic rings. The Hall–Kier alpha value is -0.630. The van der Waals surface area contributed by atoms with Gasteiger partial charge in [-0.3, -0.25) is 4.79 Å². The molecule has 2 heteroatoms. The lowest BCUT2D eigenvalue weighted by Gasteiger charge is -2.53. The molecule has 1 unspecified atom stereocenters. The van der Waals surface area contributed by atoms with E-state index < -0.39 is 6.37 Å². The number of carbonyl (C=O) groups is 1. The van der Waals surface area contributed by atoms with Crippen LogP contribution in [0.5, 0.6) is 0 Å². The van der Waals surface area contributed by atoms with Crippen LogP contribution in [0.2, 0.25) is 0 Å². The van der Waals surface area contributed by atoms with E-state index in [1.807, 2.05) is 0 Å². The fourth-order valence-electron chi connectivity index (χ4n) is 6.49. The summed E-state index contributed by atoms with van der Waals surface area (Å²) in [6.45, 7) is 0. The molecule has 7 atom stereocenters. The third kappa shape index (κ3) is 0.932. The van der Waals surface area contributed by atoms with E-state index in [1.54, 1.807) is 7.11 Å². The van der Waals surface area contributed by atoms with Crippen LogP contribution in [0.1, 0.15) is 41.2 Å². The molecule has 102 valence electrons. The van der Waals surface area contributed by atoms with E-state index in [-0.39, 0.29) is 22.9 Å². The molecule has 0 aliphatic heterocycles. The molecule has 0 aromatic heterocycles. The molecular formula is C17H22O2. The minimum absolute atomic E-state index is 0.0390. The van der Waals surface area contributed by atoms with E-state index >= 15 is 0 Å². The minimum atomic E-state index is -1.23. The highest BCUT2D eigenvalue weighted by atomic mass is 16.5. The number of Topliss-reactive ketones (excluding diaryl/α,β-unsaturated/α-hetero) is 1. The van der Waals surface area contributed by atoms with E-state index in [2.05, 4.69) is 12.2 Å². The maximum Gasteiger partial charge on any atom is 0.136 e. The molecule has 0 aromatic rings. The Balaban J connectivity index is 1.71. The highest BCUT2D eigenvalue weighted by Gasteiger charge is 2.84. The molecule has 0 aromatic carbocycles. The average molecular weight is 260 g/mol. The normalized spacial score (nSPS) is 64.9. The number of rotatable bonds is 1. The van der Waals surface area contributed by atoms with E-state index in [0.29, 0.717) is 36.4 Å². The molecule has 4 fully saturated rings. The Bertz CT molecular complexity index is 571. The molecule has 0 radical (unpaired) electrons. The second-order valence-corrected chi connectivity index (χ2v) is 7.19. The number of ketones is 1. The fourth-order valence-corrected chi connectivity index (χ4v) is 6.49. The Labute approximate surface area is 117 Å². The van der Waals surface area contributed by atoms with Crippen LogP contribution in [0, 0.1) is 35.0 Å². The van der Waals surface area contributed by atoms with E-state index in [4.69, 9.17) is 7.48 Å². The van der Waals surface area contributed by atoms with Crippen molar-refractivity contribution in [3.05, 3.63) is 12.2 Å². The highest BCUT2D eigenvalue weighted by Crippen LogP contribution is 2.82. The molecular weight excluding hydrogens is 236 g/mol. The summed E-state index contributed by atoms with van der Waals surface area (Å²) in [5.74, 6) is 1.53. The molecule has 4 saturated carbocycles. The summed E-state index contributed by atoms with van der Waals surface area (Å²) in [5.41, 5.74) is -0.383. The van der Waals surface area contributed by atoms with Crippen LogP contribution in [0.3, 0.4) is 0 Å². The van der Waals surface area contributed by atoms with Gasteiger partial charge in [0.05, 0.1) is 5.60 Å². The van der Waals surface area contributed by atoms with Gasteiger partial charge in [-0.2, -0.15) is 0 Å². The number of fused-ring (bicyclic) bond motifs is 2. The quantitative estimate of drug-likeness (QED) is 0.678. The summed E-state index contributed by atoms with van der Waals surface area (Å²) in [6.07, 6.45) is 7.40. The number of hydrogen-bond acceptors (Lipinski definition) is 2. The van der Waals surface area contributed by atoms with Crippen LogP contribution < -0.4 is 0 Å². The third-order valence-electron chi connectivity index (χ3n) is 7.07. The van der Waals surface area contributed by atoms with Gasteiger partial charge in [0.25, 0.3) is 0 Å². The van der Waals surface area contributed by atoms with E-state index in [1.165, 1.54) is 0 Å². The Morgan fingerprint density at radius 2 is 2.32 bits per heavy atom. The van der Waals surface area contributed by atoms with Gasteiger partial charge in [-0.25, -0.2) is 0 Å². The minimum Gasteiger partial charge on any atom is -0.376 e. The van der Waals surface area contributed by atoms with Gasteiger partial charge in [0, 0.05) is 33.5 Å². The van der Waals surface area contributed by atoms with Gasteiger partial charge in [-0.05, 0) is 49.8 Å². The first-order valence-corrected chi connectivity index (χ1v) is 7.76. The van der Waals surface area contributed by atoms with Crippen LogP contribution >= 0.6 is 0 Å². The number of carbonyl (C=O) groups excluding carboxylic acids is 1. The molecule has 2 nitrogen and oxygen atoms in total. The third-order valence-corrected chi connectivity index (χ3v) is 7.07. The van der Waals surface area contributed by atoms with Crippen LogP contribution in [0.15, 0.2) is 12.2 Å². The standard InChI is InChI=1S/C17H22O2/c1-19-17-13-7-8-16(17)10(9-14(13)17)5-6-11-12(16)3-2-4-15(11)18/h7-8,10-14H,2-6,9H2,1H3/t10-,11+,12-,13-,14+,16+,17?/m0/s1/i5D2. The van der Waals surface area contributed by atoms with Crippen molar-refractivity contribution in [3.63, 3.8) is 0 Å². The Kier molecular flexibility index (Phi) is 1.55. The van der Waals surface area contributed by atoms with Crippen LogP contribution in [0.4, 0.5) is 0 Å². The lowest BCUT2D eigenvalue weighted by atomic mass is 9.52. The van der Waals surface area contributed by atoms with Crippen molar-refractivity contribution in [3.8, 4) is 0 Å². The zero-order valence-corrected chi connectivity index (χ0v) is 11.4. The van der Waals surface area contributed by atoms with Crippen molar-refractivity contribution in [2.45, 2.75) is 44.1 Å². The van der Waals surface area contributed by atoms with Gasteiger partial charge in [-0.1, -0.05) is 12.2 Å². The molecule has 0 heterocycles. The van der Waals surface area contributed by atoms with Crippen LogP contribution in [0.25, 0.3) is 0 Å². The van der Waals surface area contributed by atoms with Gasteiger partial charge in [0.15, 0.2) is 0 Å². The molecule has 19 heavy (non-hydrogen) atoms. The number of ether oxygens (including phenoxy) is 1. The second-order valence-electron chi connectivity index (χ2n) is 7.19. The summed E-state index contributed by atoms with van der Waals surface area (Å²) < 4.78 is 23.3. The molecule has 0 N–H and O–H groups in total. The van der Waals surface area contributed by atoms with Crippen molar-refractivity contribution in [2.24, 2.45) is 35.0 Å². The SMILES string of the molecule is [2H]C1([2H])C[C@H]2C(=O)CCC[C@@H]2[C@@]23C=C[C@H]4[C@@H](C[C@H]12)C43OC. The summed E-state index contributed by atoms with van der Waals surface area (Å²) in [5, 5.41) is 0. The van der Waals surface area contributed by atoms with Crippen molar-refractivity contribution in [1.29, 1.82) is 0 Å². The zero-order chi connectivity index (χ0) is 14.6. The largest absolute Gasteiger partial charge is 0.376 e. The molecule has 0 bridgehead atoms. The lowest BCUT2D eigenvalue weighted by Crippen LogP contribution is -2.53. The molecule has 5 aliphatic carbocycles. The molecule has 0 amide bonds. The van der Waals surface area contributed by atoms with Gasteiger partial charge in [0.1, 0.15) is 5.78 Å². The topological polar surface area (TPSA) is 26.3 Å². The van der Waals surface area contributed by atoms with Gasteiger partial charge >= 0.3 is 0 Å². The maximum absolute atomic E-state index is 12.5. The van der Waals surface area contributed by atoms with E-state index in [0.717, 1.165) is 19.3 Å². The predicted octanol–water partition coefficient (Wildman–Crippen LogP) is 2.97. The lowest BCUT2D eigenvalue weighted by molar-refractivity contribution is -0.141. The van der Waals surface area contributed by atoms with Crippen molar-refractivity contribution < 1.29 is 12.3 Å². The van der Waals surface area contributed by atoms with Crippen LogP contribution in [-0.2, 0) is 9.53 Å². The summed E-state index contributed by atoms with van der Waals surface area (Å²) >= 11 is 0. The predicted molar refractivity (Wildman–Crippen MR) is 71.5 cm³/mol. The summed E-state index contributed by atoms with van der Waals surface area (Å²) in [4.78, 5) is 12.5. The Morgan fingerprint density at radius 1 is 1.42 bits per heavy atom. The van der Waals surface area contributed by atoms with Crippen molar-refractivity contribution in [2.75, 3.05) is 7.11 Å². The number of hydrogen-bond donors (Lipinski definition) is 0. The Morgan fingerprint density at radius 3 is 3.16 bits per heavy atom. The van der Waals surface area contributed by atoms with Crippen molar-refractivity contribution >= 4 is 5.78 Å². The second kappa shape index (κ2) is 3.16. The van der Waals surface area contributed by atoms with Gasteiger partial charge in [0.2, 0.25) is 0 Å². The first kappa shape index (κ1) is 9.33. The average Bonchev–Trinajstić information content (AvgIpc) is 2.87. The fraction of sp³-hybridized carbons (Fsp3) is 0.824. The first-order valence-electron chi connectivity index (χ1n) is 8.76.